The van der Waals surface area contributed by atoms with Gasteiger partial charge in [-0.15, -0.1) is 0 Å². The normalized spacial score (nSPS) is 15.4. The quantitative estimate of drug-likeness (QED) is 0.659. The number of rotatable bonds is 6. The van der Waals surface area contributed by atoms with Crippen LogP contribution in [0.25, 0.3) is 6.08 Å². The van der Waals surface area contributed by atoms with E-state index in [2.05, 4.69) is 0 Å². The molecular weight excluding hydrogens is 425 g/mol. The Labute approximate surface area is 174 Å². The highest BCUT2D eigenvalue weighted by Gasteiger charge is 2.35. The number of carbonyl (C=O) groups is 3. The van der Waals surface area contributed by atoms with Crippen molar-refractivity contribution in [2.75, 3.05) is 6.61 Å². The summed E-state index contributed by atoms with van der Waals surface area (Å²) in [5.74, 6) is -1.30. The van der Waals surface area contributed by atoms with Gasteiger partial charge >= 0.3 is 5.97 Å². The molecule has 0 aliphatic carbocycles. The van der Waals surface area contributed by atoms with Gasteiger partial charge in [-0.1, -0.05) is 41.4 Å². The van der Waals surface area contributed by atoms with Gasteiger partial charge < -0.3 is 9.84 Å². The number of hydrogen-bond donors (Lipinski definition) is 1. The summed E-state index contributed by atoms with van der Waals surface area (Å²) in [7, 11) is 0. The van der Waals surface area contributed by atoms with E-state index in [0.29, 0.717) is 10.6 Å². The first-order valence-electron chi connectivity index (χ1n) is 7.97. The first-order valence-corrected chi connectivity index (χ1v) is 9.54. The van der Waals surface area contributed by atoms with Crippen LogP contribution in [0.4, 0.5) is 4.79 Å². The van der Waals surface area contributed by atoms with Crippen LogP contribution in [0.5, 0.6) is 5.75 Å². The second-order valence-corrected chi connectivity index (χ2v) is 7.61. The van der Waals surface area contributed by atoms with Gasteiger partial charge in [0.15, 0.2) is 6.61 Å². The lowest BCUT2D eigenvalue weighted by atomic mass is 10.2. The third-order valence-electron chi connectivity index (χ3n) is 3.71. The van der Waals surface area contributed by atoms with Gasteiger partial charge in [-0.3, -0.25) is 14.5 Å². The van der Waals surface area contributed by atoms with Crippen LogP contribution in [-0.2, 0) is 16.1 Å². The Morgan fingerprint density at radius 1 is 1.18 bits per heavy atom. The van der Waals surface area contributed by atoms with E-state index >= 15 is 0 Å². The number of aliphatic carboxylic acids is 1. The van der Waals surface area contributed by atoms with Crippen molar-refractivity contribution in [1.82, 2.24) is 4.90 Å². The third-order valence-corrected chi connectivity index (χ3v) is 5.15. The van der Waals surface area contributed by atoms with Crippen molar-refractivity contribution in [3.63, 3.8) is 0 Å². The zero-order valence-corrected chi connectivity index (χ0v) is 16.6. The maximum Gasteiger partial charge on any atom is 0.341 e. The van der Waals surface area contributed by atoms with Crippen molar-refractivity contribution in [2.24, 2.45) is 0 Å². The number of hydrogen-bond acceptors (Lipinski definition) is 5. The first-order chi connectivity index (χ1) is 13.3. The summed E-state index contributed by atoms with van der Waals surface area (Å²) in [6, 6.07) is 11.6. The van der Waals surface area contributed by atoms with Gasteiger partial charge in [-0.05, 0) is 53.2 Å². The lowest BCUT2D eigenvalue weighted by molar-refractivity contribution is -0.139. The number of ether oxygens (including phenoxy) is 1. The number of carbonyl (C=O) groups excluding carboxylic acids is 2. The number of imide groups is 1. The van der Waals surface area contributed by atoms with E-state index < -0.39 is 18.5 Å². The summed E-state index contributed by atoms with van der Waals surface area (Å²) in [5.41, 5.74) is 1.33. The topological polar surface area (TPSA) is 83.9 Å². The third kappa shape index (κ3) is 4.86. The molecule has 1 saturated heterocycles. The molecule has 0 saturated carbocycles. The van der Waals surface area contributed by atoms with Gasteiger partial charge in [-0.2, -0.15) is 0 Å². The highest BCUT2D eigenvalue weighted by atomic mass is 35.5. The molecule has 2 aromatic rings. The van der Waals surface area contributed by atoms with Crippen LogP contribution in [-0.4, -0.2) is 33.7 Å². The summed E-state index contributed by atoms with van der Waals surface area (Å²) < 4.78 is 5.06. The predicted octanol–water partition coefficient (Wildman–Crippen LogP) is 4.69. The molecule has 1 aliphatic heterocycles. The minimum Gasteiger partial charge on any atom is -0.480 e. The first kappa shape index (κ1) is 20.3. The molecule has 2 amide bonds. The van der Waals surface area contributed by atoms with Crippen LogP contribution in [0, 0.1) is 0 Å². The Kier molecular flexibility index (Phi) is 6.28. The summed E-state index contributed by atoms with van der Waals surface area (Å²) in [6.07, 6.45) is 1.55. The van der Waals surface area contributed by atoms with Crippen molar-refractivity contribution in [3.05, 3.63) is 68.5 Å². The predicted molar refractivity (Wildman–Crippen MR) is 108 cm³/mol. The average molecular weight is 438 g/mol. The Balaban J connectivity index is 1.76. The maximum absolute atomic E-state index is 12.6. The van der Waals surface area contributed by atoms with Crippen LogP contribution >= 0.6 is 35.0 Å². The Hall–Kier alpha value is -2.48. The monoisotopic (exact) mass is 437 g/mol. The molecule has 0 bridgehead atoms. The van der Waals surface area contributed by atoms with E-state index in [-0.39, 0.29) is 27.5 Å². The number of halogens is 2. The molecular formula is C19H13Cl2NO5S. The Bertz CT molecular complexity index is 992. The molecule has 2 aromatic carbocycles. The van der Waals surface area contributed by atoms with Crippen molar-refractivity contribution < 1.29 is 24.2 Å². The van der Waals surface area contributed by atoms with Crippen LogP contribution in [0.3, 0.4) is 0 Å². The Morgan fingerprint density at radius 2 is 1.96 bits per heavy atom. The van der Waals surface area contributed by atoms with E-state index in [0.717, 1.165) is 22.2 Å². The SMILES string of the molecule is O=C(O)COc1ccc(/C=C2\SC(=O)N(Cc3cccc(Cl)c3)C2=O)cc1Cl. The molecule has 144 valence electrons. The van der Waals surface area contributed by atoms with E-state index in [1.807, 2.05) is 0 Å². The fourth-order valence-electron chi connectivity index (χ4n) is 2.47. The van der Waals surface area contributed by atoms with E-state index in [1.165, 1.54) is 12.1 Å². The summed E-state index contributed by atoms with van der Waals surface area (Å²) in [6.45, 7) is -0.382. The zero-order chi connectivity index (χ0) is 20.3. The van der Waals surface area contributed by atoms with E-state index in [4.69, 9.17) is 33.0 Å². The van der Waals surface area contributed by atoms with Crippen molar-refractivity contribution >= 4 is 58.2 Å². The fourth-order valence-corrected chi connectivity index (χ4v) is 3.76. The zero-order valence-electron chi connectivity index (χ0n) is 14.2. The van der Waals surface area contributed by atoms with Crippen molar-refractivity contribution in [3.8, 4) is 5.75 Å². The highest BCUT2D eigenvalue weighted by Crippen LogP contribution is 2.34. The van der Waals surface area contributed by atoms with Gasteiger partial charge in [-0.25, -0.2) is 4.79 Å². The number of thioether (sulfide) groups is 1. The van der Waals surface area contributed by atoms with Gasteiger partial charge in [0.2, 0.25) is 0 Å². The second-order valence-electron chi connectivity index (χ2n) is 5.77. The van der Waals surface area contributed by atoms with Crippen molar-refractivity contribution in [2.45, 2.75) is 6.54 Å². The van der Waals surface area contributed by atoms with Crippen LogP contribution in [0.2, 0.25) is 10.0 Å². The van der Waals surface area contributed by atoms with Crippen LogP contribution in [0.15, 0.2) is 47.4 Å². The van der Waals surface area contributed by atoms with Crippen LogP contribution < -0.4 is 4.74 Å². The molecule has 0 unspecified atom stereocenters. The number of nitrogens with zero attached hydrogens (tertiary/aromatic N) is 1. The van der Waals surface area contributed by atoms with Gasteiger partial charge in [0, 0.05) is 5.02 Å². The standard InChI is InChI=1S/C19H13Cl2NO5S/c20-13-3-1-2-12(6-13)9-22-18(25)16(28-19(22)26)8-11-4-5-15(14(21)7-11)27-10-17(23)24/h1-8H,9-10H2,(H,23,24)/b16-8-. The molecule has 28 heavy (non-hydrogen) atoms. The number of amides is 2. The molecule has 1 fully saturated rings. The molecule has 3 rings (SSSR count). The summed E-state index contributed by atoms with van der Waals surface area (Å²) in [4.78, 5) is 36.8. The molecule has 0 atom stereocenters. The van der Waals surface area contributed by atoms with Crippen molar-refractivity contribution in [1.29, 1.82) is 0 Å². The molecule has 1 N–H and O–H groups in total. The maximum atomic E-state index is 12.6. The fraction of sp³-hybridized carbons (Fsp3) is 0.105. The Morgan fingerprint density at radius 3 is 2.64 bits per heavy atom. The van der Waals surface area contributed by atoms with E-state index in [9.17, 15) is 14.4 Å². The summed E-state index contributed by atoms with van der Waals surface area (Å²) >= 11 is 12.9. The molecule has 0 spiro atoms. The highest BCUT2D eigenvalue weighted by molar-refractivity contribution is 8.18. The minimum absolute atomic E-state index is 0.130. The molecule has 1 aliphatic rings. The molecule has 6 nitrogen and oxygen atoms in total. The molecule has 9 heteroatoms. The smallest absolute Gasteiger partial charge is 0.341 e. The second kappa shape index (κ2) is 8.68. The largest absolute Gasteiger partial charge is 0.480 e. The number of carboxylic acid groups (broad SMARTS) is 1. The number of carboxylic acids is 1. The lowest BCUT2D eigenvalue weighted by Gasteiger charge is -2.12. The van der Waals surface area contributed by atoms with Crippen LogP contribution in [0.1, 0.15) is 11.1 Å². The molecule has 0 radical (unpaired) electrons. The molecule has 1 heterocycles. The van der Waals surface area contributed by atoms with Gasteiger partial charge in [0.25, 0.3) is 11.1 Å². The minimum atomic E-state index is -1.12. The summed E-state index contributed by atoms with van der Waals surface area (Å²) in [5, 5.41) is 9.01. The van der Waals surface area contributed by atoms with Gasteiger partial charge in [0.05, 0.1) is 16.5 Å². The molecule has 0 aromatic heterocycles. The van der Waals surface area contributed by atoms with Gasteiger partial charge in [0.1, 0.15) is 5.75 Å². The lowest BCUT2D eigenvalue weighted by Crippen LogP contribution is -2.27. The van der Waals surface area contributed by atoms with E-state index in [1.54, 1.807) is 36.4 Å². The average Bonchev–Trinajstić information content (AvgIpc) is 2.88. The number of benzene rings is 2.